The van der Waals surface area contributed by atoms with Crippen molar-refractivity contribution in [3.8, 4) is 5.75 Å². The van der Waals surface area contributed by atoms with E-state index in [9.17, 15) is 14.7 Å². The average molecular weight is 543 g/mol. The van der Waals surface area contributed by atoms with Gasteiger partial charge in [0.1, 0.15) is 5.75 Å². The number of phenols is 1. The molecule has 3 aromatic rings. The number of carbonyl (C=O) groups is 2. The van der Waals surface area contributed by atoms with E-state index in [1.807, 2.05) is 37.3 Å². The van der Waals surface area contributed by atoms with Gasteiger partial charge in [0.15, 0.2) is 0 Å². The highest BCUT2D eigenvalue weighted by Crippen LogP contribution is 2.36. The zero-order chi connectivity index (χ0) is 23.5. The molecule has 0 radical (unpaired) electrons. The van der Waals surface area contributed by atoms with Crippen molar-refractivity contribution >= 4 is 67.9 Å². The van der Waals surface area contributed by atoms with Crippen molar-refractivity contribution in [1.82, 2.24) is 4.90 Å². The standard InChI is InChI=1S/C24H17BrClN3O3S/c1-14-2-7-19(12-20(14)26)28-27-18-8-9-21(30)16(10-18)11-22-23(31)29(24(32)33-22)13-15-3-5-17(25)6-4-15/h2-12,30H,13H2,1H3/b22-11-,28-27?. The number of carbonyl (C=O) groups excluding carboxylic acids is 2. The summed E-state index contributed by atoms with van der Waals surface area (Å²) in [4.78, 5) is 26.7. The molecule has 1 aliphatic rings. The number of hydrogen-bond acceptors (Lipinski definition) is 6. The van der Waals surface area contributed by atoms with Crippen LogP contribution in [0, 0.1) is 6.92 Å². The van der Waals surface area contributed by atoms with Gasteiger partial charge >= 0.3 is 0 Å². The maximum absolute atomic E-state index is 12.8. The van der Waals surface area contributed by atoms with E-state index in [1.165, 1.54) is 17.0 Å². The van der Waals surface area contributed by atoms with Crippen molar-refractivity contribution < 1.29 is 14.7 Å². The summed E-state index contributed by atoms with van der Waals surface area (Å²) < 4.78 is 0.915. The van der Waals surface area contributed by atoms with Crippen molar-refractivity contribution in [3.05, 3.63) is 91.8 Å². The lowest BCUT2D eigenvalue weighted by atomic mass is 10.1. The van der Waals surface area contributed by atoms with Crippen LogP contribution in [-0.4, -0.2) is 21.2 Å². The number of imide groups is 1. The van der Waals surface area contributed by atoms with Crippen LogP contribution in [0.15, 0.2) is 80.3 Å². The fourth-order valence-electron chi connectivity index (χ4n) is 3.03. The van der Waals surface area contributed by atoms with Crippen molar-refractivity contribution in [2.45, 2.75) is 13.5 Å². The predicted octanol–water partition coefficient (Wildman–Crippen LogP) is 7.77. The molecule has 1 fully saturated rings. The van der Waals surface area contributed by atoms with Crippen LogP contribution < -0.4 is 0 Å². The summed E-state index contributed by atoms with van der Waals surface area (Å²) in [7, 11) is 0. The fourth-order valence-corrected chi connectivity index (χ4v) is 4.30. The molecule has 0 aromatic heterocycles. The van der Waals surface area contributed by atoms with E-state index >= 15 is 0 Å². The number of benzene rings is 3. The van der Waals surface area contributed by atoms with Gasteiger partial charge in [-0.3, -0.25) is 14.5 Å². The number of halogens is 2. The first-order valence-corrected chi connectivity index (χ1v) is 11.8. The quantitative estimate of drug-likeness (QED) is 0.264. The van der Waals surface area contributed by atoms with Crippen LogP contribution in [0.4, 0.5) is 16.2 Å². The second kappa shape index (κ2) is 9.91. The van der Waals surface area contributed by atoms with Crippen molar-refractivity contribution in [3.63, 3.8) is 0 Å². The van der Waals surface area contributed by atoms with Gasteiger partial charge < -0.3 is 5.11 Å². The molecule has 1 N–H and O–H groups in total. The second-order valence-electron chi connectivity index (χ2n) is 7.27. The fraction of sp³-hybridized carbons (Fsp3) is 0.0833. The lowest BCUT2D eigenvalue weighted by Crippen LogP contribution is -2.27. The normalized spacial score (nSPS) is 15.2. The Morgan fingerprint density at radius 1 is 1.03 bits per heavy atom. The van der Waals surface area contributed by atoms with Crippen LogP contribution >= 0.6 is 39.3 Å². The van der Waals surface area contributed by atoms with Crippen LogP contribution in [0.1, 0.15) is 16.7 Å². The van der Waals surface area contributed by atoms with E-state index in [4.69, 9.17) is 11.6 Å². The number of hydrogen-bond donors (Lipinski definition) is 1. The lowest BCUT2D eigenvalue weighted by molar-refractivity contribution is -0.123. The molecular formula is C24H17BrClN3O3S. The minimum atomic E-state index is -0.409. The molecule has 0 unspecified atom stereocenters. The van der Waals surface area contributed by atoms with Crippen molar-refractivity contribution in [2.75, 3.05) is 0 Å². The first-order chi connectivity index (χ1) is 15.8. The Morgan fingerprint density at radius 3 is 2.39 bits per heavy atom. The number of aryl methyl sites for hydroxylation is 1. The summed E-state index contributed by atoms with van der Waals surface area (Å²) in [5.74, 6) is -0.444. The van der Waals surface area contributed by atoms with Crippen LogP contribution in [0.5, 0.6) is 5.75 Å². The first-order valence-electron chi connectivity index (χ1n) is 9.81. The van der Waals surface area contributed by atoms with E-state index < -0.39 is 5.91 Å². The zero-order valence-electron chi connectivity index (χ0n) is 17.3. The van der Waals surface area contributed by atoms with Gasteiger partial charge in [-0.2, -0.15) is 10.2 Å². The summed E-state index contributed by atoms with van der Waals surface area (Å²) in [6, 6.07) is 17.4. The molecule has 33 heavy (non-hydrogen) atoms. The molecule has 3 aromatic carbocycles. The number of phenolic OH excluding ortho intramolecular Hbond substituents is 1. The number of amides is 2. The Hall–Kier alpha value is -2.94. The molecule has 4 rings (SSSR count). The van der Waals surface area contributed by atoms with E-state index in [0.29, 0.717) is 22.0 Å². The largest absolute Gasteiger partial charge is 0.507 e. The molecule has 166 valence electrons. The van der Waals surface area contributed by atoms with E-state index in [1.54, 1.807) is 24.3 Å². The highest BCUT2D eigenvalue weighted by atomic mass is 79.9. The maximum Gasteiger partial charge on any atom is 0.293 e. The Labute approximate surface area is 208 Å². The van der Waals surface area contributed by atoms with Crippen molar-refractivity contribution in [1.29, 1.82) is 0 Å². The Morgan fingerprint density at radius 2 is 1.70 bits per heavy atom. The Bertz CT molecular complexity index is 1310. The zero-order valence-corrected chi connectivity index (χ0v) is 20.5. The third kappa shape index (κ3) is 5.52. The van der Waals surface area contributed by atoms with E-state index in [0.717, 1.165) is 27.4 Å². The summed E-state index contributed by atoms with van der Waals surface area (Å²) >= 11 is 10.3. The molecule has 2 amide bonds. The van der Waals surface area contributed by atoms with Crippen LogP contribution in [-0.2, 0) is 11.3 Å². The molecule has 1 heterocycles. The molecule has 9 heteroatoms. The number of nitrogens with zero attached hydrogens (tertiary/aromatic N) is 3. The van der Waals surface area contributed by atoms with Gasteiger partial charge in [-0.1, -0.05) is 45.7 Å². The number of azo groups is 1. The molecule has 0 spiro atoms. The predicted molar refractivity (Wildman–Crippen MR) is 134 cm³/mol. The summed E-state index contributed by atoms with van der Waals surface area (Å²) in [5, 5.41) is 18.9. The SMILES string of the molecule is Cc1ccc(N=Nc2ccc(O)c(/C=C3\SC(=O)N(Cc4ccc(Br)cc4)C3=O)c2)cc1Cl. The summed E-state index contributed by atoms with van der Waals surface area (Å²) in [5.41, 5.74) is 3.21. The number of thioether (sulfide) groups is 1. The van der Waals surface area contributed by atoms with Gasteiger partial charge in [0.25, 0.3) is 11.1 Å². The molecular weight excluding hydrogens is 526 g/mol. The average Bonchev–Trinajstić information content (AvgIpc) is 3.05. The smallest absolute Gasteiger partial charge is 0.293 e. The third-order valence-electron chi connectivity index (χ3n) is 4.86. The minimum Gasteiger partial charge on any atom is -0.507 e. The van der Waals surface area contributed by atoms with E-state index in [2.05, 4.69) is 26.2 Å². The van der Waals surface area contributed by atoms with Crippen LogP contribution in [0.3, 0.4) is 0 Å². The molecule has 6 nitrogen and oxygen atoms in total. The van der Waals surface area contributed by atoms with Gasteiger partial charge in [0.2, 0.25) is 0 Å². The van der Waals surface area contributed by atoms with Crippen molar-refractivity contribution in [2.24, 2.45) is 10.2 Å². The minimum absolute atomic E-state index is 0.0351. The van der Waals surface area contributed by atoms with Gasteiger partial charge in [0, 0.05) is 15.1 Å². The molecule has 0 aliphatic carbocycles. The van der Waals surface area contributed by atoms with Gasteiger partial charge in [-0.25, -0.2) is 0 Å². The molecule has 1 saturated heterocycles. The van der Waals surface area contributed by atoms with Crippen LogP contribution in [0.2, 0.25) is 5.02 Å². The number of aromatic hydroxyl groups is 1. The highest BCUT2D eigenvalue weighted by Gasteiger charge is 2.35. The molecule has 0 bridgehead atoms. The van der Waals surface area contributed by atoms with E-state index in [-0.39, 0.29) is 22.4 Å². The Balaban J connectivity index is 1.55. The van der Waals surface area contributed by atoms with Gasteiger partial charge in [-0.15, -0.1) is 0 Å². The number of rotatable bonds is 5. The third-order valence-corrected chi connectivity index (χ3v) is 6.70. The second-order valence-corrected chi connectivity index (χ2v) is 9.59. The van der Waals surface area contributed by atoms with Gasteiger partial charge in [-0.05, 0) is 78.4 Å². The maximum atomic E-state index is 12.8. The topological polar surface area (TPSA) is 82.3 Å². The molecule has 0 atom stereocenters. The Kier molecular flexibility index (Phi) is 6.97. The van der Waals surface area contributed by atoms with Crippen LogP contribution in [0.25, 0.3) is 6.08 Å². The first kappa shape index (κ1) is 23.2. The molecule has 0 saturated carbocycles. The summed E-state index contributed by atoms with van der Waals surface area (Å²) in [6.45, 7) is 2.07. The molecule has 1 aliphatic heterocycles. The lowest BCUT2D eigenvalue weighted by Gasteiger charge is -2.12. The summed E-state index contributed by atoms with van der Waals surface area (Å²) in [6.07, 6.45) is 1.49. The van der Waals surface area contributed by atoms with Gasteiger partial charge in [0.05, 0.1) is 22.8 Å². The monoisotopic (exact) mass is 541 g/mol. The highest BCUT2D eigenvalue weighted by molar-refractivity contribution is 9.10.